The molecule has 0 spiro atoms. The van der Waals surface area contributed by atoms with Crippen LogP contribution in [0.3, 0.4) is 0 Å². The average Bonchev–Trinajstić information content (AvgIpc) is 2.83. The topological polar surface area (TPSA) is 38.5 Å². The summed E-state index contributed by atoms with van der Waals surface area (Å²) >= 11 is 0. The molecule has 0 radical (unpaired) electrons. The van der Waals surface area contributed by atoms with E-state index in [9.17, 15) is 0 Å². The Balaban J connectivity index is 2.07. The highest BCUT2D eigenvalue weighted by molar-refractivity contribution is 5.02. The predicted octanol–water partition coefficient (Wildman–Crippen LogP) is 2.39. The standard InChI is InChI=1S/C15H30N2O/c1-3-13-7-5-9-15(13,12-16)17-10-6-8-14(11-17)18-4-2/h13-14H,3-12,16H2,1-2H3. The fourth-order valence-corrected chi connectivity index (χ4v) is 4.24. The van der Waals surface area contributed by atoms with Gasteiger partial charge in [0.2, 0.25) is 0 Å². The fraction of sp³-hybridized carbons (Fsp3) is 1.00. The summed E-state index contributed by atoms with van der Waals surface area (Å²) in [5, 5.41) is 0. The molecule has 0 aromatic rings. The Morgan fingerprint density at radius 3 is 2.78 bits per heavy atom. The van der Waals surface area contributed by atoms with Crippen LogP contribution in [0.25, 0.3) is 0 Å². The molecule has 18 heavy (non-hydrogen) atoms. The second-order valence-electron chi connectivity index (χ2n) is 5.97. The molecule has 2 aliphatic rings. The molecule has 1 aliphatic carbocycles. The minimum Gasteiger partial charge on any atom is -0.377 e. The molecule has 3 heteroatoms. The van der Waals surface area contributed by atoms with Crippen molar-refractivity contribution in [2.24, 2.45) is 11.7 Å². The number of rotatable bonds is 5. The van der Waals surface area contributed by atoms with Gasteiger partial charge in [0.05, 0.1) is 6.10 Å². The first-order valence-electron chi connectivity index (χ1n) is 7.83. The van der Waals surface area contributed by atoms with Gasteiger partial charge < -0.3 is 10.5 Å². The van der Waals surface area contributed by atoms with Crippen LogP contribution in [0, 0.1) is 5.92 Å². The molecule has 3 nitrogen and oxygen atoms in total. The van der Waals surface area contributed by atoms with Crippen LogP contribution in [-0.4, -0.2) is 42.8 Å². The molecule has 0 aromatic carbocycles. The van der Waals surface area contributed by atoms with Crippen LogP contribution in [0.2, 0.25) is 0 Å². The third-order valence-electron chi connectivity index (χ3n) is 5.18. The Kier molecular flexibility index (Phi) is 5.05. The van der Waals surface area contributed by atoms with Crippen molar-refractivity contribution in [2.75, 3.05) is 26.2 Å². The first-order chi connectivity index (χ1) is 8.76. The molecule has 1 aliphatic heterocycles. The van der Waals surface area contributed by atoms with E-state index in [2.05, 4.69) is 18.7 Å². The second-order valence-corrected chi connectivity index (χ2v) is 5.97. The van der Waals surface area contributed by atoms with Crippen LogP contribution in [0.5, 0.6) is 0 Å². The molecule has 0 bridgehead atoms. The van der Waals surface area contributed by atoms with Crippen molar-refractivity contribution >= 4 is 0 Å². The van der Waals surface area contributed by atoms with Gasteiger partial charge in [0.1, 0.15) is 0 Å². The SMILES string of the molecule is CCOC1CCCN(C2(CN)CCCC2CC)C1. The maximum absolute atomic E-state index is 6.20. The number of ether oxygens (including phenoxy) is 1. The van der Waals surface area contributed by atoms with E-state index in [1.165, 1.54) is 45.1 Å². The van der Waals surface area contributed by atoms with Gasteiger partial charge in [0.15, 0.2) is 0 Å². The largest absolute Gasteiger partial charge is 0.377 e. The van der Waals surface area contributed by atoms with Gasteiger partial charge >= 0.3 is 0 Å². The van der Waals surface area contributed by atoms with Crippen molar-refractivity contribution in [3.05, 3.63) is 0 Å². The van der Waals surface area contributed by atoms with Gasteiger partial charge in [0, 0.05) is 25.2 Å². The number of nitrogens with zero attached hydrogens (tertiary/aromatic N) is 1. The fourth-order valence-electron chi connectivity index (χ4n) is 4.24. The van der Waals surface area contributed by atoms with E-state index in [4.69, 9.17) is 10.5 Å². The van der Waals surface area contributed by atoms with E-state index in [0.717, 1.165) is 25.6 Å². The van der Waals surface area contributed by atoms with Gasteiger partial charge in [-0.2, -0.15) is 0 Å². The molecule has 0 amide bonds. The van der Waals surface area contributed by atoms with Gasteiger partial charge in [-0.05, 0) is 45.1 Å². The van der Waals surface area contributed by atoms with Crippen molar-refractivity contribution in [3.8, 4) is 0 Å². The zero-order chi connectivity index (χ0) is 13.0. The van der Waals surface area contributed by atoms with Crippen molar-refractivity contribution in [1.29, 1.82) is 0 Å². The zero-order valence-corrected chi connectivity index (χ0v) is 12.2. The third kappa shape index (κ3) is 2.59. The van der Waals surface area contributed by atoms with Crippen LogP contribution in [0.1, 0.15) is 52.4 Å². The Morgan fingerprint density at radius 1 is 1.28 bits per heavy atom. The van der Waals surface area contributed by atoms with Gasteiger partial charge in [-0.15, -0.1) is 0 Å². The summed E-state index contributed by atoms with van der Waals surface area (Å²) in [4.78, 5) is 2.68. The molecule has 1 saturated carbocycles. The Labute approximate surface area is 112 Å². The third-order valence-corrected chi connectivity index (χ3v) is 5.18. The maximum Gasteiger partial charge on any atom is 0.0702 e. The maximum atomic E-state index is 6.20. The monoisotopic (exact) mass is 254 g/mol. The highest BCUT2D eigenvalue weighted by atomic mass is 16.5. The summed E-state index contributed by atoms with van der Waals surface area (Å²) in [6.45, 7) is 8.40. The molecule has 2 N–H and O–H groups in total. The molecule has 106 valence electrons. The molecule has 3 atom stereocenters. The van der Waals surface area contributed by atoms with Crippen molar-refractivity contribution in [2.45, 2.75) is 64.0 Å². The highest BCUT2D eigenvalue weighted by Gasteiger charge is 2.46. The molecular formula is C15H30N2O. The van der Waals surface area contributed by atoms with Gasteiger partial charge in [-0.3, -0.25) is 4.90 Å². The Morgan fingerprint density at radius 2 is 2.11 bits per heavy atom. The van der Waals surface area contributed by atoms with E-state index in [1.807, 2.05) is 0 Å². The van der Waals surface area contributed by atoms with Gasteiger partial charge in [0.25, 0.3) is 0 Å². The molecule has 2 fully saturated rings. The van der Waals surface area contributed by atoms with E-state index in [-0.39, 0.29) is 5.54 Å². The molecule has 0 aromatic heterocycles. The lowest BCUT2D eigenvalue weighted by molar-refractivity contribution is -0.0446. The van der Waals surface area contributed by atoms with Crippen molar-refractivity contribution in [3.63, 3.8) is 0 Å². The lowest BCUT2D eigenvalue weighted by atomic mass is 9.82. The quantitative estimate of drug-likeness (QED) is 0.819. The van der Waals surface area contributed by atoms with Crippen LogP contribution in [0.15, 0.2) is 0 Å². The van der Waals surface area contributed by atoms with E-state index >= 15 is 0 Å². The number of likely N-dealkylation sites (tertiary alicyclic amines) is 1. The second kappa shape index (κ2) is 6.36. The highest BCUT2D eigenvalue weighted by Crippen LogP contribution is 2.42. The zero-order valence-electron chi connectivity index (χ0n) is 12.2. The predicted molar refractivity (Wildman–Crippen MR) is 75.6 cm³/mol. The molecule has 1 heterocycles. The van der Waals surface area contributed by atoms with Crippen LogP contribution < -0.4 is 5.73 Å². The number of piperidine rings is 1. The Hall–Kier alpha value is -0.120. The van der Waals surface area contributed by atoms with Crippen LogP contribution >= 0.6 is 0 Å². The number of hydrogen-bond donors (Lipinski definition) is 1. The summed E-state index contributed by atoms with van der Waals surface area (Å²) in [5.41, 5.74) is 6.48. The summed E-state index contributed by atoms with van der Waals surface area (Å²) in [5.74, 6) is 0.794. The van der Waals surface area contributed by atoms with E-state index in [0.29, 0.717) is 6.10 Å². The molecular weight excluding hydrogens is 224 g/mol. The Bertz CT molecular complexity index is 257. The number of hydrogen-bond acceptors (Lipinski definition) is 3. The first kappa shape index (κ1) is 14.3. The minimum absolute atomic E-state index is 0.282. The summed E-state index contributed by atoms with van der Waals surface area (Å²) in [6, 6.07) is 0. The normalized spacial score (nSPS) is 38.2. The molecule has 2 rings (SSSR count). The summed E-state index contributed by atoms with van der Waals surface area (Å²) in [7, 11) is 0. The minimum atomic E-state index is 0.282. The molecule has 1 saturated heterocycles. The van der Waals surface area contributed by atoms with Gasteiger partial charge in [-0.1, -0.05) is 19.8 Å². The smallest absolute Gasteiger partial charge is 0.0702 e. The first-order valence-corrected chi connectivity index (χ1v) is 7.83. The van der Waals surface area contributed by atoms with Gasteiger partial charge in [-0.25, -0.2) is 0 Å². The molecule has 3 unspecified atom stereocenters. The number of nitrogens with two attached hydrogens (primary N) is 1. The van der Waals surface area contributed by atoms with Crippen LogP contribution in [-0.2, 0) is 4.74 Å². The summed E-state index contributed by atoms with van der Waals surface area (Å²) in [6.07, 6.45) is 8.21. The average molecular weight is 254 g/mol. The van der Waals surface area contributed by atoms with E-state index in [1.54, 1.807) is 0 Å². The van der Waals surface area contributed by atoms with Crippen molar-refractivity contribution < 1.29 is 4.74 Å². The van der Waals surface area contributed by atoms with Crippen molar-refractivity contribution in [1.82, 2.24) is 4.90 Å². The van der Waals surface area contributed by atoms with E-state index < -0.39 is 0 Å². The lowest BCUT2D eigenvalue weighted by Gasteiger charge is -2.48. The summed E-state index contributed by atoms with van der Waals surface area (Å²) < 4.78 is 5.85. The lowest BCUT2D eigenvalue weighted by Crippen LogP contribution is -2.60. The van der Waals surface area contributed by atoms with Crippen LogP contribution in [0.4, 0.5) is 0 Å².